The normalized spacial score (nSPS) is 14.9. The molecule has 2 heteroatoms. The van der Waals surface area contributed by atoms with Crippen molar-refractivity contribution in [1.82, 2.24) is 5.32 Å². The molecule has 2 atom stereocenters. The summed E-state index contributed by atoms with van der Waals surface area (Å²) in [4.78, 5) is 0. The molecule has 0 radical (unpaired) electrons. The molecule has 1 rings (SSSR count). The Morgan fingerprint density at radius 3 is 2.18 bits per heavy atom. The first-order valence-electron chi connectivity index (χ1n) is 6.73. The molecule has 0 spiro atoms. The first-order valence-corrected chi connectivity index (χ1v) is 6.73. The zero-order valence-electron chi connectivity index (χ0n) is 11.3. The quantitative estimate of drug-likeness (QED) is 0.761. The minimum Gasteiger partial charge on any atom is -0.329 e. The van der Waals surface area contributed by atoms with E-state index in [0.29, 0.717) is 24.5 Å². The van der Waals surface area contributed by atoms with Crippen LogP contribution in [0.25, 0.3) is 0 Å². The van der Waals surface area contributed by atoms with Crippen molar-refractivity contribution >= 4 is 0 Å². The van der Waals surface area contributed by atoms with Crippen molar-refractivity contribution in [2.24, 2.45) is 11.7 Å². The molecular formula is C15H26N2. The zero-order valence-corrected chi connectivity index (χ0v) is 11.3. The standard InChI is InChI=1S/C15H26N2/c1-4-13(5-2)15(17-12(3)11-16)14-9-7-6-8-10-14/h6-10,12-13,15,17H,4-5,11,16H2,1-3H3. The molecule has 2 nitrogen and oxygen atoms in total. The maximum absolute atomic E-state index is 5.72. The molecule has 0 aliphatic heterocycles. The van der Waals surface area contributed by atoms with Gasteiger partial charge < -0.3 is 11.1 Å². The smallest absolute Gasteiger partial charge is 0.0351 e. The third-order valence-electron chi connectivity index (χ3n) is 3.50. The third-order valence-corrected chi connectivity index (χ3v) is 3.50. The fourth-order valence-electron chi connectivity index (χ4n) is 2.30. The second-order valence-electron chi connectivity index (χ2n) is 4.77. The van der Waals surface area contributed by atoms with Crippen LogP contribution >= 0.6 is 0 Å². The Balaban J connectivity index is 2.85. The van der Waals surface area contributed by atoms with Crippen molar-refractivity contribution in [1.29, 1.82) is 0 Å². The van der Waals surface area contributed by atoms with Gasteiger partial charge in [0.25, 0.3) is 0 Å². The Labute approximate surface area is 106 Å². The van der Waals surface area contributed by atoms with E-state index in [0.717, 1.165) is 0 Å². The van der Waals surface area contributed by atoms with E-state index in [1.165, 1.54) is 18.4 Å². The Hall–Kier alpha value is -0.860. The van der Waals surface area contributed by atoms with Gasteiger partial charge >= 0.3 is 0 Å². The number of nitrogens with two attached hydrogens (primary N) is 1. The molecule has 0 amide bonds. The van der Waals surface area contributed by atoms with Gasteiger partial charge in [-0.3, -0.25) is 0 Å². The lowest BCUT2D eigenvalue weighted by Gasteiger charge is -2.29. The van der Waals surface area contributed by atoms with Gasteiger partial charge in [-0.1, -0.05) is 57.0 Å². The van der Waals surface area contributed by atoms with Crippen LogP contribution in [0.1, 0.15) is 45.2 Å². The van der Waals surface area contributed by atoms with Crippen LogP contribution in [-0.4, -0.2) is 12.6 Å². The van der Waals surface area contributed by atoms with Crippen LogP contribution in [0, 0.1) is 5.92 Å². The molecule has 17 heavy (non-hydrogen) atoms. The summed E-state index contributed by atoms with van der Waals surface area (Å²) in [5, 5.41) is 3.66. The molecule has 96 valence electrons. The van der Waals surface area contributed by atoms with Gasteiger partial charge in [0.05, 0.1) is 0 Å². The molecule has 1 aromatic rings. The molecule has 1 aromatic carbocycles. The van der Waals surface area contributed by atoms with Crippen LogP contribution in [0.3, 0.4) is 0 Å². The largest absolute Gasteiger partial charge is 0.329 e. The Morgan fingerprint density at radius 2 is 1.71 bits per heavy atom. The summed E-state index contributed by atoms with van der Waals surface area (Å²) in [6, 6.07) is 11.5. The van der Waals surface area contributed by atoms with Crippen LogP contribution in [0.15, 0.2) is 30.3 Å². The number of rotatable bonds is 7. The van der Waals surface area contributed by atoms with E-state index in [9.17, 15) is 0 Å². The highest BCUT2D eigenvalue weighted by Gasteiger charge is 2.21. The van der Waals surface area contributed by atoms with Crippen LogP contribution in [-0.2, 0) is 0 Å². The van der Waals surface area contributed by atoms with Gasteiger partial charge in [0.2, 0.25) is 0 Å². The average molecular weight is 234 g/mol. The predicted octanol–water partition coefficient (Wildman–Crippen LogP) is 3.10. The summed E-state index contributed by atoms with van der Waals surface area (Å²) in [5.74, 6) is 0.673. The van der Waals surface area contributed by atoms with Crippen molar-refractivity contribution in [3.05, 3.63) is 35.9 Å². The van der Waals surface area contributed by atoms with Gasteiger partial charge in [0.15, 0.2) is 0 Å². The van der Waals surface area contributed by atoms with Crippen LogP contribution < -0.4 is 11.1 Å². The Kier molecular flexibility index (Phi) is 6.23. The van der Waals surface area contributed by atoms with E-state index in [4.69, 9.17) is 5.73 Å². The first-order chi connectivity index (χ1) is 8.22. The topological polar surface area (TPSA) is 38.0 Å². The van der Waals surface area contributed by atoms with E-state index in [2.05, 4.69) is 56.4 Å². The minimum absolute atomic E-state index is 0.362. The Bertz CT molecular complexity index is 293. The number of benzene rings is 1. The maximum atomic E-state index is 5.72. The van der Waals surface area contributed by atoms with Crippen molar-refractivity contribution in [2.45, 2.75) is 45.7 Å². The number of hydrogen-bond donors (Lipinski definition) is 2. The van der Waals surface area contributed by atoms with Crippen molar-refractivity contribution < 1.29 is 0 Å². The maximum Gasteiger partial charge on any atom is 0.0351 e. The lowest BCUT2D eigenvalue weighted by Crippen LogP contribution is -2.39. The summed E-state index contributed by atoms with van der Waals surface area (Å²) in [7, 11) is 0. The van der Waals surface area contributed by atoms with Crippen LogP contribution in [0.4, 0.5) is 0 Å². The summed E-state index contributed by atoms with van der Waals surface area (Å²) in [6.45, 7) is 7.36. The number of nitrogens with one attached hydrogen (secondary N) is 1. The van der Waals surface area contributed by atoms with E-state index >= 15 is 0 Å². The van der Waals surface area contributed by atoms with Gasteiger partial charge in [-0.15, -0.1) is 0 Å². The molecule has 0 aromatic heterocycles. The second-order valence-corrected chi connectivity index (χ2v) is 4.77. The minimum atomic E-state index is 0.362. The molecule has 0 bridgehead atoms. The van der Waals surface area contributed by atoms with E-state index in [1.807, 2.05) is 0 Å². The summed E-state index contributed by atoms with van der Waals surface area (Å²) >= 11 is 0. The molecule has 2 unspecified atom stereocenters. The van der Waals surface area contributed by atoms with Gasteiger partial charge in [0.1, 0.15) is 0 Å². The molecule has 0 aliphatic carbocycles. The second kappa shape index (κ2) is 7.46. The zero-order chi connectivity index (χ0) is 12.7. The van der Waals surface area contributed by atoms with Gasteiger partial charge in [0, 0.05) is 18.6 Å². The van der Waals surface area contributed by atoms with Crippen molar-refractivity contribution in [3.63, 3.8) is 0 Å². The third kappa shape index (κ3) is 4.14. The highest BCUT2D eigenvalue weighted by molar-refractivity contribution is 5.19. The fraction of sp³-hybridized carbons (Fsp3) is 0.600. The van der Waals surface area contributed by atoms with Gasteiger partial charge in [-0.25, -0.2) is 0 Å². The molecule has 0 saturated heterocycles. The van der Waals surface area contributed by atoms with Crippen molar-refractivity contribution in [2.75, 3.05) is 6.54 Å². The highest BCUT2D eigenvalue weighted by Crippen LogP contribution is 2.27. The molecular weight excluding hydrogens is 208 g/mol. The monoisotopic (exact) mass is 234 g/mol. The van der Waals surface area contributed by atoms with Gasteiger partial charge in [-0.05, 0) is 18.4 Å². The summed E-state index contributed by atoms with van der Waals surface area (Å²) in [6.07, 6.45) is 2.39. The average Bonchev–Trinajstić information content (AvgIpc) is 2.39. The van der Waals surface area contributed by atoms with E-state index in [-0.39, 0.29) is 0 Å². The Morgan fingerprint density at radius 1 is 1.12 bits per heavy atom. The molecule has 0 fully saturated rings. The molecule has 3 N–H and O–H groups in total. The molecule has 0 aliphatic rings. The molecule has 0 saturated carbocycles. The van der Waals surface area contributed by atoms with Crippen LogP contribution in [0.5, 0.6) is 0 Å². The SMILES string of the molecule is CCC(CC)C(NC(C)CN)c1ccccc1. The first kappa shape index (κ1) is 14.2. The molecule has 0 heterocycles. The van der Waals surface area contributed by atoms with Gasteiger partial charge in [-0.2, -0.15) is 0 Å². The lowest BCUT2D eigenvalue weighted by atomic mass is 9.88. The van der Waals surface area contributed by atoms with E-state index < -0.39 is 0 Å². The number of hydrogen-bond acceptors (Lipinski definition) is 2. The van der Waals surface area contributed by atoms with Crippen molar-refractivity contribution in [3.8, 4) is 0 Å². The van der Waals surface area contributed by atoms with E-state index in [1.54, 1.807) is 0 Å². The predicted molar refractivity (Wildman–Crippen MR) is 74.9 cm³/mol. The lowest BCUT2D eigenvalue weighted by molar-refractivity contribution is 0.316. The fourth-order valence-corrected chi connectivity index (χ4v) is 2.30. The summed E-state index contributed by atoms with van der Waals surface area (Å²) < 4.78 is 0. The highest BCUT2D eigenvalue weighted by atomic mass is 15.0. The van der Waals surface area contributed by atoms with Crippen LogP contribution in [0.2, 0.25) is 0 Å². The summed E-state index contributed by atoms with van der Waals surface area (Å²) in [5.41, 5.74) is 7.10.